The van der Waals surface area contributed by atoms with Crippen LogP contribution in [0.15, 0.2) is 138 Å². The smallest absolute Gasteiger partial charge is 0.120 e. The van der Waals surface area contributed by atoms with Crippen LogP contribution < -0.4 is 5.19 Å². The van der Waals surface area contributed by atoms with Gasteiger partial charge in [0.2, 0.25) is 0 Å². The zero-order chi connectivity index (χ0) is 35.4. The van der Waals surface area contributed by atoms with E-state index >= 15 is 0 Å². The number of furan rings is 1. The first kappa shape index (κ1) is 34.8. The second-order valence-corrected chi connectivity index (χ2v) is 20.1. The fourth-order valence-electron chi connectivity index (χ4n) is 6.78. The Balaban J connectivity index is 0.000000152. The normalized spacial score (nSPS) is 11.6. The molecule has 0 fully saturated rings. The summed E-state index contributed by atoms with van der Waals surface area (Å²) in [6, 6.07) is 50.2. The van der Waals surface area contributed by atoms with Crippen LogP contribution in [0.2, 0.25) is 19.6 Å². The van der Waals surface area contributed by atoms with Gasteiger partial charge in [-0.1, -0.05) is 108 Å². The van der Waals surface area contributed by atoms with Gasteiger partial charge in [-0.3, -0.25) is 4.98 Å². The van der Waals surface area contributed by atoms with Gasteiger partial charge in [0.15, 0.2) is 0 Å². The zero-order valence-electron chi connectivity index (χ0n) is 29.6. The van der Waals surface area contributed by atoms with Crippen molar-refractivity contribution in [2.75, 3.05) is 0 Å². The van der Waals surface area contributed by atoms with Crippen molar-refractivity contribution in [1.29, 1.82) is 0 Å². The molecule has 261 valence electrons. The molecule has 5 nitrogen and oxygen atoms in total. The molecular formula is C45H34IrN4OSSi-2. The minimum absolute atomic E-state index is 0. The van der Waals surface area contributed by atoms with Crippen LogP contribution in [0.25, 0.3) is 81.6 Å². The summed E-state index contributed by atoms with van der Waals surface area (Å²) in [7, 11) is -1.33. The van der Waals surface area contributed by atoms with Gasteiger partial charge >= 0.3 is 0 Å². The maximum Gasteiger partial charge on any atom is 0.120 e. The second-order valence-electron chi connectivity index (χ2n) is 14.0. The number of nitrogens with zero attached hydrogens (tertiary/aromatic N) is 4. The van der Waals surface area contributed by atoms with E-state index in [4.69, 9.17) is 14.4 Å². The van der Waals surface area contributed by atoms with Crippen molar-refractivity contribution in [1.82, 2.24) is 19.5 Å². The van der Waals surface area contributed by atoms with E-state index in [0.717, 1.165) is 71.8 Å². The molecule has 0 atom stereocenters. The number of pyridine rings is 2. The Morgan fingerprint density at radius 3 is 2.21 bits per heavy atom. The summed E-state index contributed by atoms with van der Waals surface area (Å²) < 4.78 is 9.47. The summed E-state index contributed by atoms with van der Waals surface area (Å²) in [5, 5.41) is 6.01. The number of aromatic nitrogens is 4. The van der Waals surface area contributed by atoms with E-state index in [9.17, 15) is 0 Å². The molecule has 0 N–H and O–H groups in total. The average molecular weight is 899 g/mol. The SMILES string of the molecule is C[Si](C)(C)c1ccc(-c2[c-]ccc3c2oc2ccccc23)nc1.Cc1ccc2c(n1)sc1c(-c3nc4ccccc4n3-c3ccccc3)[c-]ccc12.[Ir]. The van der Waals surface area contributed by atoms with Crippen molar-refractivity contribution in [2.45, 2.75) is 26.6 Å². The minimum Gasteiger partial charge on any atom is -0.501 e. The molecule has 0 amide bonds. The second kappa shape index (κ2) is 14.0. The van der Waals surface area contributed by atoms with Gasteiger partial charge < -0.3 is 14.0 Å². The fraction of sp³-hybridized carbons (Fsp3) is 0.0889. The van der Waals surface area contributed by atoms with E-state index in [1.807, 2.05) is 55.6 Å². The number of benzene rings is 5. The van der Waals surface area contributed by atoms with Crippen molar-refractivity contribution in [3.8, 4) is 28.3 Å². The number of hydrogen-bond acceptors (Lipinski definition) is 5. The molecule has 10 aromatic rings. The van der Waals surface area contributed by atoms with Crippen LogP contribution in [-0.2, 0) is 20.1 Å². The molecule has 53 heavy (non-hydrogen) atoms. The summed E-state index contributed by atoms with van der Waals surface area (Å²) in [5.74, 6) is 0.909. The van der Waals surface area contributed by atoms with Crippen LogP contribution in [0.5, 0.6) is 0 Å². The molecule has 0 spiro atoms. The van der Waals surface area contributed by atoms with Crippen LogP contribution in [0.3, 0.4) is 0 Å². The molecule has 5 heterocycles. The minimum atomic E-state index is -1.33. The summed E-state index contributed by atoms with van der Waals surface area (Å²) in [5.41, 5.74) is 8.83. The maximum atomic E-state index is 6.07. The third-order valence-electron chi connectivity index (χ3n) is 9.46. The number of para-hydroxylation sites is 4. The third-order valence-corrected chi connectivity index (χ3v) is 12.6. The predicted octanol–water partition coefficient (Wildman–Crippen LogP) is 11.6. The Morgan fingerprint density at radius 2 is 1.42 bits per heavy atom. The van der Waals surface area contributed by atoms with Crippen LogP contribution >= 0.6 is 11.3 Å². The summed E-state index contributed by atoms with van der Waals surface area (Å²) in [6.45, 7) is 9.02. The van der Waals surface area contributed by atoms with Gasteiger partial charge in [-0.2, -0.15) is 11.3 Å². The number of aryl methyl sites for hydroxylation is 1. The van der Waals surface area contributed by atoms with Gasteiger partial charge in [0.05, 0.1) is 30.5 Å². The van der Waals surface area contributed by atoms with Gasteiger partial charge in [-0.25, -0.2) is 4.98 Å². The van der Waals surface area contributed by atoms with Crippen LogP contribution in [0, 0.1) is 19.1 Å². The van der Waals surface area contributed by atoms with Gasteiger partial charge in [0.1, 0.15) is 10.4 Å². The number of rotatable bonds is 4. The molecule has 0 aliphatic rings. The molecular weight excluding hydrogens is 865 g/mol. The first-order valence-electron chi connectivity index (χ1n) is 17.4. The molecule has 0 aliphatic heterocycles. The Morgan fingerprint density at radius 1 is 0.679 bits per heavy atom. The van der Waals surface area contributed by atoms with E-state index < -0.39 is 8.07 Å². The van der Waals surface area contributed by atoms with E-state index in [1.54, 1.807) is 11.3 Å². The Hall–Kier alpha value is -5.24. The van der Waals surface area contributed by atoms with Gasteiger partial charge in [0, 0.05) is 43.1 Å². The topological polar surface area (TPSA) is 56.7 Å². The number of imidazole rings is 1. The molecule has 0 aliphatic carbocycles. The van der Waals surface area contributed by atoms with Crippen molar-refractivity contribution < 1.29 is 24.5 Å². The number of thiophene rings is 1. The molecule has 0 unspecified atom stereocenters. The Labute approximate surface area is 326 Å². The molecule has 0 saturated heterocycles. The summed E-state index contributed by atoms with van der Waals surface area (Å²) in [6.07, 6.45) is 2.01. The van der Waals surface area contributed by atoms with Crippen molar-refractivity contribution in [3.63, 3.8) is 0 Å². The van der Waals surface area contributed by atoms with E-state index in [2.05, 4.69) is 126 Å². The third kappa shape index (κ3) is 6.32. The van der Waals surface area contributed by atoms with Crippen molar-refractivity contribution >= 4 is 77.9 Å². The summed E-state index contributed by atoms with van der Waals surface area (Å²) >= 11 is 1.72. The molecule has 0 bridgehead atoms. The quantitative estimate of drug-likeness (QED) is 0.130. The number of fused-ring (bicyclic) bond motifs is 7. The van der Waals surface area contributed by atoms with Crippen LogP contribution in [0.4, 0.5) is 0 Å². The number of hydrogen-bond donors (Lipinski definition) is 0. The first-order chi connectivity index (χ1) is 25.3. The largest absolute Gasteiger partial charge is 0.501 e. The van der Waals surface area contributed by atoms with E-state index in [1.165, 1.54) is 20.7 Å². The Bertz CT molecular complexity index is 2910. The molecule has 0 saturated carbocycles. The van der Waals surface area contributed by atoms with Crippen LogP contribution in [0.1, 0.15) is 5.69 Å². The molecule has 1 radical (unpaired) electrons. The zero-order valence-corrected chi connectivity index (χ0v) is 33.9. The maximum absolute atomic E-state index is 6.07. The van der Waals surface area contributed by atoms with E-state index in [-0.39, 0.29) is 20.1 Å². The average Bonchev–Trinajstić information content (AvgIpc) is 3.86. The standard InChI is InChI=1S/C25H16N3S.C20H18NOSi.Ir/c1-16-14-15-19-18-10-7-11-20(23(18)29-25(19)26-16)24-27-21-12-5-6-13-22(21)28(24)17-8-3-2-4-9-17;1-23(2,3)14-11-12-18(21-13-14)17-9-6-8-16-15-7-4-5-10-19(15)22-20(16)17;/h2-10,12-15H,1H3;4-8,10-13H,1-3H3;/q2*-1;. The summed E-state index contributed by atoms with van der Waals surface area (Å²) in [4.78, 5) is 15.5. The predicted molar refractivity (Wildman–Crippen MR) is 220 cm³/mol. The van der Waals surface area contributed by atoms with Crippen LogP contribution in [-0.4, -0.2) is 27.6 Å². The van der Waals surface area contributed by atoms with Gasteiger partial charge in [-0.05, 0) is 64.3 Å². The molecule has 10 rings (SSSR count). The van der Waals surface area contributed by atoms with Gasteiger partial charge in [0.25, 0.3) is 0 Å². The molecule has 8 heteroatoms. The molecule has 5 aromatic heterocycles. The first-order valence-corrected chi connectivity index (χ1v) is 21.7. The van der Waals surface area contributed by atoms with Crippen molar-refractivity contribution in [3.05, 3.63) is 151 Å². The van der Waals surface area contributed by atoms with Gasteiger partial charge in [-0.15, -0.1) is 36.4 Å². The van der Waals surface area contributed by atoms with E-state index in [0.29, 0.717) is 0 Å². The van der Waals surface area contributed by atoms with Crippen molar-refractivity contribution in [2.24, 2.45) is 0 Å². The Kier molecular flexibility index (Phi) is 9.17. The molecule has 5 aromatic carbocycles. The monoisotopic (exact) mass is 899 g/mol. The fourth-order valence-corrected chi connectivity index (χ4v) is 9.03.